The highest BCUT2D eigenvalue weighted by Crippen LogP contribution is 2.30. The number of carbonyl (C=O) groups excluding carboxylic acids is 2. The zero-order valence-electron chi connectivity index (χ0n) is 11.0. The Balaban J connectivity index is 2.28. The van der Waals surface area contributed by atoms with Crippen molar-refractivity contribution in [2.45, 2.75) is 19.8 Å². The highest BCUT2D eigenvalue weighted by Gasteiger charge is 2.36. The molecule has 5 heteroatoms. The molecule has 0 N–H and O–H groups in total. The Morgan fingerprint density at radius 3 is 2.89 bits per heavy atom. The Labute approximate surface area is 120 Å². The lowest BCUT2D eigenvalue weighted by atomic mass is 10.1. The van der Waals surface area contributed by atoms with Crippen molar-refractivity contribution < 1.29 is 14.3 Å². The molecule has 0 spiro atoms. The van der Waals surface area contributed by atoms with Gasteiger partial charge in [0.1, 0.15) is 0 Å². The SMILES string of the molecule is CCc1cc(Br)ccc1N1CC(C(=O)OC)CC1=O. The average Bonchev–Trinajstić information content (AvgIpc) is 2.79. The summed E-state index contributed by atoms with van der Waals surface area (Å²) in [6, 6.07) is 5.84. The number of nitrogens with zero attached hydrogens (tertiary/aromatic N) is 1. The molecule has 0 aliphatic carbocycles. The minimum atomic E-state index is -0.356. The van der Waals surface area contributed by atoms with E-state index in [-0.39, 0.29) is 24.2 Å². The largest absolute Gasteiger partial charge is 0.469 e. The molecule has 2 rings (SSSR count). The van der Waals surface area contributed by atoms with Crippen LogP contribution in [0.1, 0.15) is 18.9 Å². The van der Waals surface area contributed by atoms with Crippen LogP contribution in [0.2, 0.25) is 0 Å². The number of rotatable bonds is 3. The predicted octanol–water partition coefficient (Wildman–Crippen LogP) is 2.54. The van der Waals surface area contributed by atoms with Gasteiger partial charge in [-0.15, -0.1) is 0 Å². The molecule has 1 aliphatic heterocycles. The zero-order chi connectivity index (χ0) is 14.0. The number of aryl methyl sites for hydroxylation is 1. The van der Waals surface area contributed by atoms with Crippen molar-refractivity contribution in [1.29, 1.82) is 0 Å². The molecule has 1 unspecified atom stereocenters. The summed E-state index contributed by atoms with van der Waals surface area (Å²) in [5, 5.41) is 0. The first kappa shape index (κ1) is 14.1. The third-order valence-electron chi connectivity index (χ3n) is 3.37. The van der Waals surface area contributed by atoms with E-state index in [1.165, 1.54) is 7.11 Å². The third-order valence-corrected chi connectivity index (χ3v) is 3.87. The highest BCUT2D eigenvalue weighted by molar-refractivity contribution is 9.10. The number of halogens is 1. The fourth-order valence-corrected chi connectivity index (χ4v) is 2.77. The van der Waals surface area contributed by atoms with Gasteiger partial charge in [0.05, 0.1) is 13.0 Å². The summed E-state index contributed by atoms with van der Waals surface area (Å²) in [5.74, 6) is -0.690. The van der Waals surface area contributed by atoms with Gasteiger partial charge in [0.2, 0.25) is 5.91 Å². The van der Waals surface area contributed by atoms with Crippen molar-refractivity contribution in [2.75, 3.05) is 18.6 Å². The monoisotopic (exact) mass is 325 g/mol. The van der Waals surface area contributed by atoms with E-state index in [0.717, 1.165) is 22.1 Å². The summed E-state index contributed by atoms with van der Waals surface area (Å²) in [4.78, 5) is 25.3. The maximum Gasteiger partial charge on any atom is 0.311 e. The smallest absolute Gasteiger partial charge is 0.311 e. The predicted molar refractivity (Wildman–Crippen MR) is 76.0 cm³/mol. The molecule has 102 valence electrons. The van der Waals surface area contributed by atoms with Crippen LogP contribution in [0.5, 0.6) is 0 Å². The molecule has 1 aromatic carbocycles. The second kappa shape index (κ2) is 5.74. The minimum absolute atomic E-state index is 0.0209. The lowest BCUT2D eigenvalue weighted by Gasteiger charge is -2.20. The lowest BCUT2D eigenvalue weighted by Crippen LogP contribution is -2.27. The van der Waals surface area contributed by atoms with Gasteiger partial charge in [0.25, 0.3) is 0 Å². The summed E-state index contributed by atoms with van der Waals surface area (Å²) >= 11 is 3.43. The maximum absolute atomic E-state index is 12.1. The van der Waals surface area contributed by atoms with Crippen LogP contribution in [0.4, 0.5) is 5.69 Å². The van der Waals surface area contributed by atoms with Crippen molar-refractivity contribution in [3.05, 3.63) is 28.2 Å². The van der Waals surface area contributed by atoms with Crippen LogP contribution in [0.25, 0.3) is 0 Å². The molecule has 0 bridgehead atoms. The van der Waals surface area contributed by atoms with Gasteiger partial charge in [-0.3, -0.25) is 9.59 Å². The molecule has 1 aliphatic rings. The standard InChI is InChI=1S/C14H16BrNO3/c1-3-9-6-11(15)4-5-12(9)16-8-10(7-13(16)17)14(18)19-2/h4-6,10H,3,7-8H2,1-2H3. The highest BCUT2D eigenvalue weighted by atomic mass is 79.9. The fourth-order valence-electron chi connectivity index (χ4n) is 2.37. The van der Waals surface area contributed by atoms with Gasteiger partial charge >= 0.3 is 5.97 Å². The minimum Gasteiger partial charge on any atom is -0.469 e. The number of benzene rings is 1. The van der Waals surface area contributed by atoms with Crippen molar-refractivity contribution >= 4 is 33.5 Å². The number of esters is 1. The zero-order valence-corrected chi connectivity index (χ0v) is 12.6. The molecule has 1 saturated heterocycles. The first-order valence-electron chi connectivity index (χ1n) is 6.23. The molecule has 19 heavy (non-hydrogen) atoms. The van der Waals surface area contributed by atoms with Gasteiger partial charge in [-0.1, -0.05) is 22.9 Å². The number of hydrogen-bond acceptors (Lipinski definition) is 3. The van der Waals surface area contributed by atoms with Gasteiger partial charge in [-0.05, 0) is 30.2 Å². The van der Waals surface area contributed by atoms with E-state index in [0.29, 0.717) is 6.54 Å². The third kappa shape index (κ3) is 2.81. The van der Waals surface area contributed by atoms with E-state index < -0.39 is 0 Å². The van der Waals surface area contributed by atoms with Crippen LogP contribution in [0, 0.1) is 5.92 Å². The second-order valence-electron chi connectivity index (χ2n) is 4.56. The summed E-state index contributed by atoms with van der Waals surface area (Å²) in [5.41, 5.74) is 1.98. The molecule has 0 saturated carbocycles. The Morgan fingerprint density at radius 2 is 2.26 bits per heavy atom. The van der Waals surface area contributed by atoms with Crippen LogP contribution in [0.15, 0.2) is 22.7 Å². The molecule has 0 radical (unpaired) electrons. The second-order valence-corrected chi connectivity index (χ2v) is 5.47. The Bertz CT molecular complexity index is 515. The van der Waals surface area contributed by atoms with E-state index in [1.54, 1.807) is 4.90 Å². The number of amides is 1. The molecular weight excluding hydrogens is 310 g/mol. The molecule has 1 fully saturated rings. The average molecular weight is 326 g/mol. The number of methoxy groups -OCH3 is 1. The summed E-state index contributed by atoms with van der Waals surface area (Å²) in [7, 11) is 1.35. The number of hydrogen-bond donors (Lipinski definition) is 0. The van der Waals surface area contributed by atoms with Crippen LogP contribution >= 0.6 is 15.9 Å². The molecule has 1 heterocycles. The molecule has 0 aromatic heterocycles. The molecular formula is C14H16BrNO3. The maximum atomic E-state index is 12.1. The van der Waals surface area contributed by atoms with Crippen molar-refractivity contribution in [1.82, 2.24) is 0 Å². The topological polar surface area (TPSA) is 46.6 Å². The van der Waals surface area contributed by atoms with Gasteiger partial charge in [0, 0.05) is 23.1 Å². The van der Waals surface area contributed by atoms with Crippen molar-refractivity contribution in [3.63, 3.8) is 0 Å². The fraction of sp³-hybridized carbons (Fsp3) is 0.429. The molecule has 1 aromatic rings. The Morgan fingerprint density at radius 1 is 1.53 bits per heavy atom. The quantitative estimate of drug-likeness (QED) is 0.802. The Hall–Kier alpha value is -1.36. The first-order chi connectivity index (χ1) is 9.06. The summed E-state index contributed by atoms with van der Waals surface area (Å²) < 4.78 is 5.71. The molecule has 4 nitrogen and oxygen atoms in total. The van der Waals surface area contributed by atoms with Gasteiger partial charge in [-0.25, -0.2) is 0 Å². The molecule has 1 amide bonds. The number of anilines is 1. The van der Waals surface area contributed by atoms with Gasteiger partial charge in [-0.2, -0.15) is 0 Å². The first-order valence-corrected chi connectivity index (χ1v) is 7.02. The summed E-state index contributed by atoms with van der Waals surface area (Å²) in [6.07, 6.45) is 1.06. The van der Waals surface area contributed by atoms with Gasteiger partial charge in [0.15, 0.2) is 0 Å². The number of carbonyl (C=O) groups is 2. The Kier molecular flexibility index (Phi) is 4.24. The normalized spacial score (nSPS) is 18.8. The van der Waals surface area contributed by atoms with Crippen LogP contribution < -0.4 is 4.90 Å². The van der Waals surface area contributed by atoms with E-state index in [2.05, 4.69) is 15.9 Å². The van der Waals surface area contributed by atoms with Crippen molar-refractivity contribution in [2.24, 2.45) is 5.92 Å². The molecule has 1 atom stereocenters. The van der Waals surface area contributed by atoms with E-state index in [9.17, 15) is 9.59 Å². The lowest BCUT2D eigenvalue weighted by molar-refractivity contribution is -0.145. The van der Waals surface area contributed by atoms with Crippen LogP contribution in [0.3, 0.4) is 0 Å². The van der Waals surface area contributed by atoms with E-state index >= 15 is 0 Å². The van der Waals surface area contributed by atoms with E-state index in [1.807, 2.05) is 25.1 Å². The van der Waals surface area contributed by atoms with Crippen molar-refractivity contribution in [3.8, 4) is 0 Å². The number of ether oxygens (including phenoxy) is 1. The van der Waals surface area contributed by atoms with E-state index in [4.69, 9.17) is 4.74 Å². The summed E-state index contributed by atoms with van der Waals surface area (Å²) in [6.45, 7) is 2.45. The van der Waals surface area contributed by atoms with Crippen LogP contribution in [-0.2, 0) is 20.7 Å². The van der Waals surface area contributed by atoms with Crippen LogP contribution in [-0.4, -0.2) is 25.5 Å². The van der Waals surface area contributed by atoms with Gasteiger partial charge < -0.3 is 9.64 Å².